The molecule has 108 valence electrons. The maximum Gasteiger partial charge on any atom is 0.0945 e. The molecule has 3 nitrogen and oxygen atoms in total. The van der Waals surface area contributed by atoms with E-state index >= 15 is 0 Å². The highest BCUT2D eigenvalue weighted by molar-refractivity contribution is 6.35. The third-order valence-corrected chi connectivity index (χ3v) is 3.21. The first-order valence-electron chi connectivity index (χ1n) is 6.20. The zero-order valence-electron chi connectivity index (χ0n) is 11.8. The molecule has 1 aromatic carbocycles. The van der Waals surface area contributed by atoms with Crippen molar-refractivity contribution in [3.8, 4) is 0 Å². The summed E-state index contributed by atoms with van der Waals surface area (Å²) in [5, 5.41) is 14.1. The number of ether oxygens (including phenoxy) is 1. The molecular formula is C14H21Cl2NO2. The molecule has 0 saturated carbocycles. The van der Waals surface area contributed by atoms with Gasteiger partial charge in [0.25, 0.3) is 0 Å². The van der Waals surface area contributed by atoms with Gasteiger partial charge < -0.3 is 15.2 Å². The summed E-state index contributed by atoms with van der Waals surface area (Å²) in [5.74, 6) is 0. The summed E-state index contributed by atoms with van der Waals surface area (Å²) < 4.78 is 5.50. The van der Waals surface area contributed by atoms with Gasteiger partial charge in [-0.2, -0.15) is 0 Å². The van der Waals surface area contributed by atoms with E-state index in [0.29, 0.717) is 22.3 Å². The summed E-state index contributed by atoms with van der Waals surface area (Å²) in [6.45, 7) is 8.37. The van der Waals surface area contributed by atoms with Crippen LogP contribution in [0.1, 0.15) is 26.3 Å². The van der Waals surface area contributed by atoms with E-state index in [9.17, 15) is 5.11 Å². The molecule has 0 spiro atoms. The van der Waals surface area contributed by atoms with E-state index in [2.05, 4.69) is 5.32 Å². The standard InChI is InChI=1S/C14H21Cl2NO2/c1-9-5-12(16)13(6-11(9)15)17-7-10(18)8-19-14(2,3)4/h5-6,10,17-18H,7-8H2,1-4H3. The summed E-state index contributed by atoms with van der Waals surface area (Å²) in [7, 11) is 0. The predicted molar refractivity (Wildman–Crippen MR) is 81.4 cm³/mol. The topological polar surface area (TPSA) is 41.5 Å². The summed E-state index contributed by atoms with van der Waals surface area (Å²) >= 11 is 12.1. The lowest BCUT2D eigenvalue weighted by atomic mass is 10.2. The molecule has 0 amide bonds. The number of aliphatic hydroxyl groups excluding tert-OH is 1. The van der Waals surface area contributed by atoms with Crippen LogP contribution in [0.2, 0.25) is 10.0 Å². The van der Waals surface area contributed by atoms with E-state index < -0.39 is 6.10 Å². The van der Waals surface area contributed by atoms with Crippen molar-refractivity contribution in [1.82, 2.24) is 0 Å². The quantitative estimate of drug-likeness (QED) is 0.867. The fourth-order valence-electron chi connectivity index (χ4n) is 1.41. The van der Waals surface area contributed by atoms with Crippen molar-refractivity contribution in [3.05, 3.63) is 27.7 Å². The minimum Gasteiger partial charge on any atom is -0.389 e. The minimum atomic E-state index is -0.602. The summed E-state index contributed by atoms with van der Waals surface area (Å²) in [5.41, 5.74) is 1.38. The van der Waals surface area contributed by atoms with Crippen LogP contribution in [0.4, 0.5) is 5.69 Å². The fourth-order valence-corrected chi connectivity index (χ4v) is 1.86. The van der Waals surface area contributed by atoms with Crippen molar-refractivity contribution >= 4 is 28.9 Å². The van der Waals surface area contributed by atoms with Crippen LogP contribution in [0, 0.1) is 6.92 Å². The summed E-state index contributed by atoms with van der Waals surface area (Å²) in [4.78, 5) is 0. The van der Waals surface area contributed by atoms with Crippen molar-refractivity contribution < 1.29 is 9.84 Å². The van der Waals surface area contributed by atoms with E-state index in [-0.39, 0.29) is 12.2 Å². The van der Waals surface area contributed by atoms with Crippen LogP contribution in [0.25, 0.3) is 0 Å². The molecule has 5 heteroatoms. The second-order valence-corrected chi connectivity index (χ2v) is 6.35. The van der Waals surface area contributed by atoms with E-state index in [1.807, 2.05) is 27.7 Å². The van der Waals surface area contributed by atoms with Gasteiger partial charge in [0, 0.05) is 11.6 Å². The van der Waals surface area contributed by atoms with Gasteiger partial charge in [-0.3, -0.25) is 0 Å². The first kappa shape index (κ1) is 16.6. The molecule has 1 atom stereocenters. The molecular weight excluding hydrogens is 285 g/mol. The number of anilines is 1. The average Bonchev–Trinajstić information content (AvgIpc) is 2.28. The monoisotopic (exact) mass is 305 g/mol. The highest BCUT2D eigenvalue weighted by Crippen LogP contribution is 2.28. The number of halogens is 2. The second-order valence-electron chi connectivity index (χ2n) is 5.54. The summed E-state index contributed by atoms with van der Waals surface area (Å²) in [6, 6.07) is 3.56. The normalized spacial score (nSPS) is 13.4. The second kappa shape index (κ2) is 6.80. The Balaban J connectivity index is 2.51. The van der Waals surface area contributed by atoms with Gasteiger partial charge in [0.1, 0.15) is 0 Å². The van der Waals surface area contributed by atoms with Gasteiger partial charge in [0.2, 0.25) is 0 Å². The summed E-state index contributed by atoms with van der Waals surface area (Å²) in [6.07, 6.45) is -0.602. The SMILES string of the molecule is Cc1cc(Cl)c(NCC(O)COC(C)(C)C)cc1Cl. The van der Waals surface area contributed by atoms with Gasteiger partial charge in [-0.15, -0.1) is 0 Å². The van der Waals surface area contributed by atoms with Crippen LogP contribution >= 0.6 is 23.2 Å². The lowest BCUT2D eigenvalue weighted by molar-refractivity contribution is -0.0449. The van der Waals surface area contributed by atoms with Crippen molar-refractivity contribution in [3.63, 3.8) is 0 Å². The minimum absolute atomic E-state index is 0.258. The van der Waals surface area contributed by atoms with Crippen molar-refractivity contribution in [2.45, 2.75) is 39.4 Å². The molecule has 2 N–H and O–H groups in total. The highest BCUT2D eigenvalue weighted by atomic mass is 35.5. The van der Waals surface area contributed by atoms with Gasteiger partial charge in [-0.25, -0.2) is 0 Å². The van der Waals surface area contributed by atoms with Crippen molar-refractivity contribution in [1.29, 1.82) is 0 Å². The van der Waals surface area contributed by atoms with Crippen LogP contribution in [-0.4, -0.2) is 30.0 Å². The maximum absolute atomic E-state index is 9.83. The Morgan fingerprint density at radius 3 is 2.47 bits per heavy atom. The third kappa shape index (κ3) is 6.00. The van der Waals surface area contributed by atoms with Crippen molar-refractivity contribution in [2.75, 3.05) is 18.5 Å². The number of benzene rings is 1. The van der Waals surface area contributed by atoms with Gasteiger partial charge in [-0.05, 0) is 45.4 Å². The van der Waals surface area contributed by atoms with E-state index in [1.54, 1.807) is 12.1 Å². The first-order chi connectivity index (χ1) is 8.69. The van der Waals surface area contributed by atoms with Gasteiger partial charge in [0.05, 0.1) is 29.0 Å². The fraction of sp³-hybridized carbons (Fsp3) is 0.571. The number of hydrogen-bond donors (Lipinski definition) is 2. The number of aryl methyl sites for hydroxylation is 1. The Labute approximate surface area is 124 Å². The lowest BCUT2D eigenvalue weighted by Gasteiger charge is -2.22. The molecule has 0 aliphatic carbocycles. The van der Waals surface area contributed by atoms with Crippen LogP contribution in [0.5, 0.6) is 0 Å². The maximum atomic E-state index is 9.83. The molecule has 1 aromatic rings. The van der Waals surface area contributed by atoms with E-state index in [1.165, 1.54) is 0 Å². The molecule has 0 aliphatic rings. The number of nitrogens with one attached hydrogen (secondary N) is 1. The van der Waals surface area contributed by atoms with Crippen LogP contribution in [0.15, 0.2) is 12.1 Å². The van der Waals surface area contributed by atoms with Gasteiger partial charge >= 0.3 is 0 Å². The smallest absolute Gasteiger partial charge is 0.0945 e. The molecule has 1 unspecified atom stereocenters. The Morgan fingerprint density at radius 1 is 1.26 bits per heavy atom. The third-order valence-electron chi connectivity index (χ3n) is 2.49. The largest absolute Gasteiger partial charge is 0.389 e. The molecule has 0 aliphatic heterocycles. The van der Waals surface area contributed by atoms with Crippen LogP contribution < -0.4 is 5.32 Å². The molecule has 1 rings (SSSR count). The van der Waals surface area contributed by atoms with Crippen LogP contribution in [-0.2, 0) is 4.74 Å². The molecule has 0 aromatic heterocycles. The highest BCUT2D eigenvalue weighted by Gasteiger charge is 2.14. The van der Waals surface area contributed by atoms with E-state index in [0.717, 1.165) is 5.56 Å². The predicted octanol–water partition coefficient (Wildman–Crippen LogP) is 3.89. The number of aliphatic hydroxyl groups is 1. The Bertz CT molecular complexity index is 430. The Hall–Kier alpha value is -0.480. The van der Waals surface area contributed by atoms with Gasteiger partial charge in [-0.1, -0.05) is 23.2 Å². The lowest BCUT2D eigenvalue weighted by Crippen LogP contribution is -2.30. The Kier molecular flexibility index (Phi) is 5.93. The molecule has 0 bridgehead atoms. The van der Waals surface area contributed by atoms with Crippen molar-refractivity contribution in [2.24, 2.45) is 0 Å². The number of rotatable bonds is 5. The average molecular weight is 306 g/mol. The zero-order valence-corrected chi connectivity index (χ0v) is 13.3. The first-order valence-corrected chi connectivity index (χ1v) is 6.96. The molecule has 0 fully saturated rings. The molecule has 0 radical (unpaired) electrons. The molecule has 0 heterocycles. The molecule has 0 saturated heterocycles. The Morgan fingerprint density at radius 2 is 1.89 bits per heavy atom. The number of hydrogen-bond acceptors (Lipinski definition) is 3. The van der Waals surface area contributed by atoms with Gasteiger partial charge in [0.15, 0.2) is 0 Å². The zero-order chi connectivity index (χ0) is 14.6. The van der Waals surface area contributed by atoms with Crippen LogP contribution in [0.3, 0.4) is 0 Å². The van der Waals surface area contributed by atoms with E-state index in [4.69, 9.17) is 27.9 Å². The molecule has 19 heavy (non-hydrogen) atoms.